The Morgan fingerprint density at radius 2 is 1.92 bits per heavy atom. The minimum Gasteiger partial charge on any atom is -0.492 e. The molecule has 0 bridgehead atoms. The summed E-state index contributed by atoms with van der Waals surface area (Å²) in [6.07, 6.45) is 7.76. The molecule has 38 heavy (non-hydrogen) atoms. The van der Waals surface area contributed by atoms with Crippen molar-refractivity contribution in [3.05, 3.63) is 24.2 Å². The van der Waals surface area contributed by atoms with Gasteiger partial charge in [-0.2, -0.15) is 4.98 Å². The molecule has 0 aromatic carbocycles. The van der Waals surface area contributed by atoms with E-state index in [0.29, 0.717) is 37.4 Å². The number of nitrogens with two attached hydrogens (primary N) is 1. The molecule has 10 heteroatoms. The van der Waals surface area contributed by atoms with Crippen LogP contribution in [0.3, 0.4) is 0 Å². The van der Waals surface area contributed by atoms with Crippen molar-refractivity contribution in [3.63, 3.8) is 0 Å². The van der Waals surface area contributed by atoms with Crippen LogP contribution in [-0.2, 0) is 4.79 Å². The SMILES string of the molecule is CC(C)c1noc(N2CCC(C(C)CCOc3ccc(N4CC(N)C(N5CCCCC5=O)C4)nc3)CC2)n1. The van der Waals surface area contributed by atoms with Crippen LogP contribution in [0.25, 0.3) is 0 Å². The first kappa shape index (κ1) is 26.7. The van der Waals surface area contributed by atoms with Gasteiger partial charge in [0, 0.05) is 51.1 Å². The van der Waals surface area contributed by atoms with Crippen LogP contribution >= 0.6 is 0 Å². The maximum Gasteiger partial charge on any atom is 0.324 e. The van der Waals surface area contributed by atoms with Gasteiger partial charge < -0.3 is 29.7 Å². The van der Waals surface area contributed by atoms with E-state index >= 15 is 0 Å². The topological polar surface area (TPSA) is 114 Å². The highest BCUT2D eigenvalue weighted by Crippen LogP contribution is 2.30. The lowest BCUT2D eigenvalue weighted by Gasteiger charge is -2.34. The summed E-state index contributed by atoms with van der Waals surface area (Å²) in [5.74, 6) is 4.22. The number of pyridine rings is 1. The van der Waals surface area contributed by atoms with Gasteiger partial charge in [-0.3, -0.25) is 4.79 Å². The number of ether oxygens (including phenoxy) is 1. The maximum absolute atomic E-state index is 12.4. The van der Waals surface area contributed by atoms with Gasteiger partial charge in [0.25, 0.3) is 0 Å². The zero-order valence-electron chi connectivity index (χ0n) is 23.1. The molecule has 10 nitrogen and oxygen atoms in total. The molecule has 208 valence electrons. The number of amides is 1. The Kier molecular flexibility index (Phi) is 8.35. The number of carbonyl (C=O) groups excluding carboxylic acids is 1. The van der Waals surface area contributed by atoms with Crippen molar-refractivity contribution in [3.8, 4) is 5.75 Å². The molecule has 3 aliphatic rings. The van der Waals surface area contributed by atoms with E-state index in [-0.39, 0.29) is 23.9 Å². The number of likely N-dealkylation sites (tertiary alicyclic amines) is 1. The van der Waals surface area contributed by atoms with Crippen LogP contribution in [-0.4, -0.2) is 77.3 Å². The molecular formula is C28H43N7O3. The number of nitrogens with zero attached hydrogens (tertiary/aromatic N) is 6. The van der Waals surface area contributed by atoms with Crippen LogP contribution in [0.4, 0.5) is 11.8 Å². The number of hydrogen-bond acceptors (Lipinski definition) is 9. The standard InChI is InChI=1S/C28H43N7O3/c1-19(2)27-31-28(38-32-27)33-13-9-21(10-14-33)20(3)11-15-37-22-7-8-25(30-16-22)34-17-23(29)24(18-34)35-12-5-4-6-26(35)36/h7-8,16,19-21,23-24H,4-6,9-15,17-18,29H2,1-3H3. The fraction of sp³-hybridized carbons (Fsp3) is 0.714. The van der Waals surface area contributed by atoms with Crippen LogP contribution in [0, 0.1) is 11.8 Å². The van der Waals surface area contributed by atoms with Gasteiger partial charge in [-0.25, -0.2) is 4.98 Å². The van der Waals surface area contributed by atoms with E-state index in [0.717, 1.165) is 75.7 Å². The van der Waals surface area contributed by atoms with Crippen molar-refractivity contribution >= 4 is 17.7 Å². The molecule has 0 spiro atoms. The van der Waals surface area contributed by atoms with E-state index in [2.05, 4.69) is 45.7 Å². The molecule has 3 aliphatic heterocycles. The molecule has 2 N–H and O–H groups in total. The largest absolute Gasteiger partial charge is 0.492 e. The molecule has 5 rings (SSSR count). The molecule has 0 aliphatic carbocycles. The van der Waals surface area contributed by atoms with Crippen LogP contribution in [0.2, 0.25) is 0 Å². The van der Waals surface area contributed by atoms with Crippen molar-refractivity contribution in [1.82, 2.24) is 20.0 Å². The first-order chi connectivity index (χ1) is 18.4. The highest BCUT2D eigenvalue weighted by Gasteiger charge is 2.38. The van der Waals surface area contributed by atoms with E-state index in [1.54, 1.807) is 6.20 Å². The Balaban J connectivity index is 1.04. The van der Waals surface area contributed by atoms with Gasteiger partial charge in [-0.15, -0.1) is 0 Å². The maximum atomic E-state index is 12.4. The van der Waals surface area contributed by atoms with Crippen molar-refractivity contribution in [1.29, 1.82) is 0 Å². The van der Waals surface area contributed by atoms with Gasteiger partial charge >= 0.3 is 6.01 Å². The average molecular weight is 526 g/mol. The molecule has 5 heterocycles. The number of piperidine rings is 2. The van der Waals surface area contributed by atoms with Crippen molar-refractivity contribution in [2.24, 2.45) is 17.6 Å². The summed E-state index contributed by atoms with van der Waals surface area (Å²) in [6, 6.07) is 4.67. The van der Waals surface area contributed by atoms with Crippen LogP contribution in [0.15, 0.2) is 22.9 Å². The Hall–Kier alpha value is -2.88. The van der Waals surface area contributed by atoms with Crippen LogP contribution in [0.1, 0.15) is 71.0 Å². The lowest BCUT2D eigenvalue weighted by molar-refractivity contribution is -0.135. The fourth-order valence-corrected chi connectivity index (χ4v) is 6.00. The quantitative estimate of drug-likeness (QED) is 0.526. The van der Waals surface area contributed by atoms with Crippen molar-refractivity contribution in [2.45, 2.75) is 77.3 Å². The van der Waals surface area contributed by atoms with Gasteiger partial charge in [0.05, 0.1) is 18.8 Å². The summed E-state index contributed by atoms with van der Waals surface area (Å²) < 4.78 is 11.5. The molecule has 2 aromatic heterocycles. The first-order valence-electron chi connectivity index (χ1n) is 14.4. The molecular weight excluding hydrogens is 482 g/mol. The zero-order chi connectivity index (χ0) is 26.6. The minimum absolute atomic E-state index is 0.0485. The number of carbonyl (C=O) groups is 1. The highest BCUT2D eigenvalue weighted by atomic mass is 16.5. The van der Waals surface area contributed by atoms with Crippen molar-refractivity contribution < 1.29 is 14.1 Å². The number of hydrogen-bond donors (Lipinski definition) is 1. The summed E-state index contributed by atoms with van der Waals surface area (Å²) in [6.45, 7) is 11.3. The first-order valence-corrected chi connectivity index (χ1v) is 14.4. The normalized spacial score (nSPS) is 23.9. The number of aromatic nitrogens is 3. The second-order valence-electron chi connectivity index (χ2n) is 11.6. The second-order valence-corrected chi connectivity index (χ2v) is 11.6. The minimum atomic E-state index is -0.0485. The molecule has 3 atom stereocenters. The molecule has 1 amide bonds. The van der Waals surface area contributed by atoms with Gasteiger partial charge in [-0.05, 0) is 56.1 Å². The van der Waals surface area contributed by atoms with E-state index < -0.39 is 0 Å². The molecule has 3 saturated heterocycles. The second kappa shape index (κ2) is 11.9. The number of anilines is 2. The zero-order valence-corrected chi connectivity index (χ0v) is 23.1. The van der Waals surface area contributed by atoms with E-state index in [4.69, 9.17) is 15.0 Å². The third-order valence-electron chi connectivity index (χ3n) is 8.54. The lowest BCUT2D eigenvalue weighted by atomic mass is 9.84. The Bertz CT molecular complexity index is 1050. The summed E-state index contributed by atoms with van der Waals surface area (Å²) >= 11 is 0. The molecule has 3 unspecified atom stereocenters. The van der Waals surface area contributed by atoms with Gasteiger partial charge in [0.15, 0.2) is 5.82 Å². The molecule has 2 aromatic rings. The predicted molar refractivity (Wildman–Crippen MR) is 146 cm³/mol. The third kappa shape index (κ3) is 6.06. The van der Waals surface area contributed by atoms with Gasteiger partial charge in [0.2, 0.25) is 5.91 Å². The Morgan fingerprint density at radius 3 is 2.61 bits per heavy atom. The summed E-state index contributed by atoms with van der Waals surface area (Å²) in [5, 5.41) is 4.10. The lowest BCUT2D eigenvalue weighted by Crippen LogP contribution is -2.51. The fourth-order valence-electron chi connectivity index (χ4n) is 6.00. The van der Waals surface area contributed by atoms with E-state index in [9.17, 15) is 4.79 Å². The average Bonchev–Trinajstić information content (AvgIpc) is 3.57. The molecule has 0 radical (unpaired) electrons. The van der Waals surface area contributed by atoms with Gasteiger partial charge in [0.1, 0.15) is 11.6 Å². The number of rotatable bonds is 9. The Labute approximate surface area is 225 Å². The predicted octanol–water partition coefficient (Wildman–Crippen LogP) is 3.44. The molecule has 3 fully saturated rings. The van der Waals surface area contributed by atoms with Crippen molar-refractivity contribution in [2.75, 3.05) is 49.1 Å². The van der Waals surface area contributed by atoms with Crippen LogP contribution < -0.4 is 20.3 Å². The monoisotopic (exact) mass is 525 g/mol. The molecule has 0 saturated carbocycles. The summed E-state index contributed by atoms with van der Waals surface area (Å²) in [4.78, 5) is 28.0. The van der Waals surface area contributed by atoms with E-state index in [1.807, 2.05) is 17.0 Å². The summed E-state index contributed by atoms with van der Waals surface area (Å²) in [5.41, 5.74) is 6.43. The highest BCUT2D eigenvalue weighted by molar-refractivity contribution is 5.77. The summed E-state index contributed by atoms with van der Waals surface area (Å²) in [7, 11) is 0. The van der Waals surface area contributed by atoms with Gasteiger partial charge in [-0.1, -0.05) is 25.9 Å². The van der Waals surface area contributed by atoms with E-state index in [1.165, 1.54) is 0 Å². The smallest absolute Gasteiger partial charge is 0.324 e. The third-order valence-corrected chi connectivity index (χ3v) is 8.54. The Morgan fingerprint density at radius 1 is 1.11 bits per heavy atom. The van der Waals surface area contributed by atoms with Crippen LogP contribution in [0.5, 0.6) is 5.75 Å².